The van der Waals surface area contributed by atoms with Crippen LogP contribution in [0.1, 0.15) is 13.3 Å². The van der Waals surface area contributed by atoms with Crippen molar-refractivity contribution in [3.63, 3.8) is 0 Å². The first kappa shape index (κ1) is 10.6. The average molecular weight is 212 g/mol. The van der Waals surface area contributed by atoms with E-state index in [-0.39, 0.29) is 17.9 Å². The smallest absolute Gasteiger partial charge is 0.240 e. The van der Waals surface area contributed by atoms with Crippen LogP contribution in [0.4, 0.5) is 0 Å². The molecule has 0 aliphatic carbocycles. The van der Waals surface area contributed by atoms with E-state index < -0.39 is 0 Å². The summed E-state index contributed by atoms with van der Waals surface area (Å²) in [6, 6.07) is 0. The summed E-state index contributed by atoms with van der Waals surface area (Å²) >= 11 is 0. The zero-order chi connectivity index (χ0) is 10.8. The zero-order valence-electron chi connectivity index (χ0n) is 8.86. The summed E-state index contributed by atoms with van der Waals surface area (Å²) in [4.78, 5) is 24.2. The van der Waals surface area contributed by atoms with Gasteiger partial charge in [-0.05, 0) is 19.3 Å². The van der Waals surface area contributed by atoms with E-state index in [1.54, 1.807) is 0 Å². The number of imide groups is 1. The van der Waals surface area contributed by atoms with Crippen LogP contribution in [0.5, 0.6) is 0 Å². The molecule has 0 spiro atoms. The molecule has 2 aliphatic heterocycles. The molecule has 0 saturated carbocycles. The third kappa shape index (κ3) is 2.54. The SMILES string of the molecule is CC1OCCC1CN1CC(=O)NC(=O)C1. The fraction of sp³-hybridized carbons (Fsp3) is 0.800. The Hall–Kier alpha value is -0.940. The minimum Gasteiger partial charge on any atom is -0.378 e. The Morgan fingerprint density at radius 3 is 2.60 bits per heavy atom. The lowest BCUT2D eigenvalue weighted by atomic mass is 10.0. The fourth-order valence-corrected chi connectivity index (χ4v) is 2.17. The second-order valence-electron chi connectivity index (χ2n) is 4.27. The normalized spacial score (nSPS) is 33.1. The molecule has 5 heteroatoms. The van der Waals surface area contributed by atoms with Gasteiger partial charge in [-0.2, -0.15) is 0 Å². The van der Waals surface area contributed by atoms with Crippen LogP contribution in [-0.4, -0.2) is 49.1 Å². The van der Waals surface area contributed by atoms with Gasteiger partial charge < -0.3 is 4.74 Å². The number of hydrogen-bond donors (Lipinski definition) is 1. The highest BCUT2D eigenvalue weighted by atomic mass is 16.5. The van der Waals surface area contributed by atoms with E-state index in [2.05, 4.69) is 5.32 Å². The number of rotatable bonds is 2. The van der Waals surface area contributed by atoms with Crippen molar-refractivity contribution >= 4 is 11.8 Å². The van der Waals surface area contributed by atoms with E-state index >= 15 is 0 Å². The fourth-order valence-electron chi connectivity index (χ4n) is 2.17. The lowest BCUT2D eigenvalue weighted by molar-refractivity contribution is -0.136. The van der Waals surface area contributed by atoms with E-state index in [0.29, 0.717) is 19.0 Å². The average Bonchev–Trinajstić information content (AvgIpc) is 2.50. The third-order valence-electron chi connectivity index (χ3n) is 3.04. The van der Waals surface area contributed by atoms with Crippen molar-refractivity contribution in [2.24, 2.45) is 5.92 Å². The second-order valence-corrected chi connectivity index (χ2v) is 4.27. The van der Waals surface area contributed by atoms with Crippen molar-refractivity contribution in [3.05, 3.63) is 0 Å². The molecule has 15 heavy (non-hydrogen) atoms. The maximum atomic E-state index is 11.1. The second kappa shape index (κ2) is 4.28. The predicted molar refractivity (Wildman–Crippen MR) is 53.1 cm³/mol. The molecule has 0 aromatic rings. The van der Waals surface area contributed by atoms with Gasteiger partial charge in [0, 0.05) is 13.2 Å². The molecule has 5 nitrogen and oxygen atoms in total. The van der Waals surface area contributed by atoms with Crippen molar-refractivity contribution in [2.75, 3.05) is 26.2 Å². The van der Waals surface area contributed by atoms with Crippen LogP contribution in [-0.2, 0) is 14.3 Å². The summed E-state index contributed by atoms with van der Waals surface area (Å²) in [7, 11) is 0. The molecule has 1 N–H and O–H groups in total. The van der Waals surface area contributed by atoms with Gasteiger partial charge in [-0.25, -0.2) is 0 Å². The molecular weight excluding hydrogens is 196 g/mol. The van der Waals surface area contributed by atoms with Crippen LogP contribution in [0.2, 0.25) is 0 Å². The van der Waals surface area contributed by atoms with Crippen molar-refractivity contribution in [2.45, 2.75) is 19.4 Å². The number of carbonyl (C=O) groups excluding carboxylic acids is 2. The standard InChI is InChI=1S/C10H16N2O3/c1-7-8(2-3-15-7)4-12-5-9(13)11-10(14)6-12/h7-8H,2-6H2,1H3,(H,11,13,14). The summed E-state index contributed by atoms with van der Waals surface area (Å²) in [6.07, 6.45) is 1.26. The van der Waals surface area contributed by atoms with Gasteiger partial charge in [0.2, 0.25) is 11.8 Å². The van der Waals surface area contributed by atoms with E-state index in [1.807, 2.05) is 11.8 Å². The van der Waals surface area contributed by atoms with Crippen molar-refractivity contribution in [3.8, 4) is 0 Å². The number of hydrogen-bond acceptors (Lipinski definition) is 4. The largest absolute Gasteiger partial charge is 0.378 e. The van der Waals surface area contributed by atoms with Gasteiger partial charge in [-0.3, -0.25) is 19.8 Å². The summed E-state index contributed by atoms with van der Waals surface area (Å²) in [5.74, 6) is 0.0549. The molecule has 2 saturated heterocycles. The topological polar surface area (TPSA) is 58.6 Å². The molecular formula is C10H16N2O3. The zero-order valence-corrected chi connectivity index (χ0v) is 8.86. The Morgan fingerprint density at radius 2 is 2.07 bits per heavy atom. The first-order valence-corrected chi connectivity index (χ1v) is 5.32. The molecule has 2 unspecified atom stereocenters. The van der Waals surface area contributed by atoms with Gasteiger partial charge in [0.15, 0.2) is 0 Å². The highest BCUT2D eigenvalue weighted by Gasteiger charge is 2.29. The van der Waals surface area contributed by atoms with Crippen LogP contribution in [0, 0.1) is 5.92 Å². The van der Waals surface area contributed by atoms with Gasteiger partial charge in [-0.15, -0.1) is 0 Å². The lowest BCUT2D eigenvalue weighted by Crippen LogP contribution is -2.52. The molecule has 2 rings (SSSR count). The molecule has 2 atom stereocenters. The van der Waals surface area contributed by atoms with Crippen LogP contribution in [0.15, 0.2) is 0 Å². The van der Waals surface area contributed by atoms with E-state index in [9.17, 15) is 9.59 Å². The predicted octanol–water partition coefficient (Wildman–Crippen LogP) is -0.630. The van der Waals surface area contributed by atoms with Crippen LogP contribution < -0.4 is 5.32 Å². The molecule has 0 aromatic heterocycles. The van der Waals surface area contributed by atoms with Gasteiger partial charge >= 0.3 is 0 Å². The number of piperazine rings is 1. The first-order valence-electron chi connectivity index (χ1n) is 5.32. The molecule has 0 aromatic carbocycles. The van der Waals surface area contributed by atoms with Gasteiger partial charge in [0.25, 0.3) is 0 Å². The minimum absolute atomic E-state index is 0.196. The molecule has 2 amide bonds. The molecule has 0 bridgehead atoms. The number of nitrogens with zero attached hydrogens (tertiary/aromatic N) is 1. The maximum Gasteiger partial charge on any atom is 0.240 e. The van der Waals surface area contributed by atoms with E-state index in [0.717, 1.165) is 19.6 Å². The molecule has 2 fully saturated rings. The quantitative estimate of drug-likeness (QED) is 0.619. The summed E-state index contributed by atoms with van der Waals surface area (Å²) in [5, 5.41) is 2.29. The van der Waals surface area contributed by atoms with Crippen molar-refractivity contribution < 1.29 is 14.3 Å². The highest BCUT2D eigenvalue weighted by molar-refractivity contribution is 5.99. The first-order chi connectivity index (χ1) is 7.15. The summed E-state index contributed by atoms with van der Waals surface area (Å²) in [6.45, 7) is 4.27. The van der Waals surface area contributed by atoms with Crippen LogP contribution in [0.3, 0.4) is 0 Å². The van der Waals surface area contributed by atoms with Gasteiger partial charge in [0.05, 0.1) is 19.2 Å². The minimum atomic E-state index is -0.196. The number of nitrogens with one attached hydrogen (secondary N) is 1. The number of amides is 2. The maximum absolute atomic E-state index is 11.1. The molecule has 2 heterocycles. The summed E-state index contributed by atoms with van der Waals surface area (Å²) < 4.78 is 5.45. The van der Waals surface area contributed by atoms with Crippen LogP contribution in [0.25, 0.3) is 0 Å². The Morgan fingerprint density at radius 1 is 1.40 bits per heavy atom. The monoisotopic (exact) mass is 212 g/mol. The third-order valence-corrected chi connectivity index (χ3v) is 3.04. The highest BCUT2D eigenvalue weighted by Crippen LogP contribution is 2.21. The Kier molecular flexibility index (Phi) is 3.02. The van der Waals surface area contributed by atoms with E-state index in [4.69, 9.17) is 4.74 Å². The Labute approximate surface area is 88.8 Å². The Bertz CT molecular complexity index is 264. The summed E-state index contributed by atoms with van der Waals surface area (Å²) in [5.41, 5.74) is 0. The molecule has 0 radical (unpaired) electrons. The Balaban J connectivity index is 1.88. The van der Waals surface area contributed by atoms with Gasteiger partial charge in [-0.1, -0.05) is 0 Å². The van der Waals surface area contributed by atoms with Gasteiger partial charge in [0.1, 0.15) is 0 Å². The van der Waals surface area contributed by atoms with Crippen LogP contribution >= 0.6 is 0 Å². The number of ether oxygens (including phenoxy) is 1. The van der Waals surface area contributed by atoms with Crippen molar-refractivity contribution in [1.82, 2.24) is 10.2 Å². The lowest BCUT2D eigenvalue weighted by Gasteiger charge is -2.28. The van der Waals surface area contributed by atoms with Crippen molar-refractivity contribution in [1.29, 1.82) is 0 Å². The van der Waals surface area contributed by atoms with E-state index in [1.165, 1.54) is 0 Å². The molecule has 2 aliphatic rings. The number of carbonyl (C=O) groups is 2. The molecule has 84 valence electrons.